The first-order chi connectivity index (χ1) is 21.4. The molecule has 2 N–H and O–H groups in total. The van der Waals surface area contributed by atoms with Crippen molar-refractivity contribution in [2.45, 2.75) is 113 Å². The summed E-state index contributed by atoms with van der Waals surface area (Å²) in [5, 5.41) is 24.8. The molecule has 45 heavy (non-hydrogen) atoms. The van der Waals surface area contributed by atoms with Crippen molar-refractivity contribution < 1.29 is 34.5 Å². The standard InChI is InChI=1S/C38H48O4S2.Ti/c1-37(2,3)27-19-25(35(39)29(21-27)31-13-11-17-41-31)23-43-33-15-9-7-8-10-16-34(33)44-24-26-20-28(38(4,5)6)22-30(36(26)40)32-14-12-18-42-32;/h11-14,17-22,33-34,39-40H,7-10,15-16,23-24H2,1-6H3;/t33-,34?;/m0./s1. The van der Waals surface area contributed by atoms with Crippen molar-refractivity contribution in [2.24, 2.45) is 0 Å². The molecule has 1 saturated carbocycles. The zero-order valence-electron chi connectivity index (χ0n) is 27.6. The molecule has 2 aromatic carbocycles. The van der Waals surface area contributed by atoms with Crippen molar-refractivity contribution in [2.75, 3.05) is 0 Å². The molecule has 6 rings (SSSR count). The quantitative estimate of drug-likeness (QED) is 0.199. The summed E-state index contributed by atoms with van der Waals surface area (Å²) in [5.41, 5.74) is 6.22. The van der Waals surface area contributed by atoms with Gasteiger partial charge in [-0.1, -0.05) is 0 Å². The van der Waals surface area contributed by atoms with E-state index in [1.54, 1.807) is 12.5 Å². The third-order valence-electron chi connectivity index (χ3n) is 9.39. The van der Waals surface area contributed by atoms with Crippen molar-refractivity contribution in [3.63, 3.8) is 0 Å². The second-order valence-electron chi connectivity index (χ2n) is 14.8. The maximum atomic E-state index is 11.7. The zero-order chi connectivity index (χ0) is 31.9. The Balaban J connectivity index is 1.45. The fourth-order valence-corrected chi connectivity index (χ4v) is 27.5. The normalized spacial score (nSPS) is 22.3. The van der Waals surface area contributed by atoms with Crippen LogP contribution in [0.1, 0.15) is 102 Å². The summed E-state index contributed by atoms with van der Waals surface area (Å²) in [7, 11) is 0.530. The number of furan rings is 2. The van der Waals surface area contributed by atoms with Gasteiger partial charge in [0.2, 0.25) is 0 Å². The number of hydrogen-bond acceptors (Lipinski definition) is 4. The van der Waals surface area contributed by atoms with E-state index in [0.717, 1.165) is 55.8 Å². The molecule has 4 aromatic rings. The topological polar surface area (TPSA) is 66.7 Å². The first-order valence-electron chi connectivity index (χ1n) is 16.4. The van der Waals surface area contributed by atoms with Gasteiger partial charge in [0.15, 0.2) is 0 Å². The van der Waals surface area contributed by atoms with Gasteiger partial charge >= 0.3 is 281 Å². The summed E-state index contributed by atoms with van der Waals surface area (Å²) in [5.74, 6) is 4.17. The Labute approximate surface area is 279 Å². The van der Waals surface area contributed by atoms with Crippen LogP contribution >= 0.6 is 15.9 Å². The molecule has 0 saturated heterocycles. The van der Waals surface area contributed by atoms with E-state index in [9.17, 15) is 10.2 Å². The molecule has 0 radical (unpaired) electrons. The van der Waals surface area contributed by atoms with E-state index in [2.05, 4.69) is 65.8 Å². The van der Waals surface area contributed by atoms with E-state index < -0.39 is 0 Å². The number of rotatable bonds is 6. The van der Waals surface area contributed by atoms with Crippen LogP contribution in [0.4, 0.5) is 0 Å². The van der Waals surface area contributed by atoms with E-state index >= 15 is 0 Å². The minimum atomic E-state index is -0.326. The molecule has 3 heterocycles. The van der Waals surface area contributed by atoms with Gasteiger partial charge in [0, 0.05) is 0 Å². The van der Waals surface area contributed by atoms with Crippen LogP contribution in [0.25, 0.3) is 22.6 Å². The van der Waals surface area contributed by atoms with Gasteiger partial charge in [-0.25, -0.2) is 0 Å². The Hall–Kier alpha value is -1.99. The van der Waals surface area contributed by atoms with Crippen LogP contribution in [0, 0.1) is 0 Å². The summed E-state index contributed by atoms with van der Waals surface area (Å²) in [6, 6.07) is 16.5. The average Bonchev–Trinajstić information content (AvgIpc) is 3.73. The third kappa shape index (κ3) is 7.15. The van der Waals surface area contributed by atoms with Gasteiger partial charge in [0.05, 0.1) is 0 Å². The van der Waals surface area contributed by atoms with Crippen LogP contribution in [-0.4, -0.2) is 20.7 Å². The second-order valence-corrected chi connectivity index (χ2v) is 26.2. The molecule has 1 fully saturated rings. The third-order valence-corrected chi connectivity index (χ3v) is 25.3. The number of aromatic hydroxyl groups is 2. The molecule has 1 aliphatic carbocycles. The minimum absolute atomic E-state index is 0.0345. The van der Waals surface area contributed by atoms with Crippen molar-refractivity contribution in [1.82, 2.24) is 0 Å². The van der Waals surface area contributed by atoms with Gasteiger partial charge in [-0.15, -0.1) is 0 Å². The van der Waals surface area contributed by atoms with Gasteiger partial charge < -0.3 is 0 Å². The Morgan fingerprint density at radius 3 is 1.44 bits per heavy atom. The predicted octanol–water partition coefficient (Wildman–Crippen LogP) is 11.5. The van der Waals surface area contributed by atoms with Gasteiger partial charge in [0.1, 0.15) is 0 Å². The number of phenols is 2. The van der Waals surface area contributed by atoms with Gasteiger partial charge in [-0.3, -0.25) is 0 Å². The van der Waals surface area contributed by atoms with Crippen LogP contribution in [0.5, 0.6) is 11.5 Å². The monoisotopic (exact) mass is 680 g/mol. The predicted molar refractivity (Wildman–Crippen MR) is 187 cm³/mol. The molecule has 3 unspecified atom stereocenters. The van der Waals surface area contributed by atoms with Gasteiger partial charge in [-0.2, -0.15) is 0 Å². The van der Waals surface area contributed by atoms with Crippen LogP contribution in [-0.2, 0) is 37.8 Å². The van der Waals surface area contributed by atoms with Crippen LogP contribution in [0.3, 0.4) is 0 Å². The summed E-state index contributed by atoms with van der Waals surface area (Å²) >= 11 is -0.326. The Morgan fingerprint density at radius 2 is 1.09 bits per heavy atom. The molecule has 0 bridgehead atoms. The van der Waals surface area contributed by atoms with E-state index in [1.807, 2.05) is 24.3 Å². The average molecular weight is 681 g/mol. The van der Waals surface area contributed by atoms with Crippen molar-refractivity contribution in [1.29, 1.82) is 0 Å². The molecule has 240 valence electrons. The molecule has 1 aliphatic heterocycles. The van der Waals surface area contributed by atoms with Crippen LogP contribution < -0.4 is 0 Å². The SMILES string of the molecule is CC(C)(C)c1cc(C[S]2=[Ti]=[S](Cc3cc(C(C)(C)C)cc(-c4ccco4)c3O)[C@H]3CCCCCCC32)c(O)c(-c2ccco2)c1. The van der Waals surface area contributed by atoms with Crippen molar-refractivity contribution >= 4 is 15.9 Å². The summed E-state index contributed by atoms with van der Waals surface area (Å²) < 4.78 is 11.6. The van der Waals surface area contributed by atoms with Crippen LogP contribution in [0.15, 0.2) is 69.9 Å². The molecule has 0 amide bonds. The number of benzene rings is 2. The fraction of sp³-hybridized carbons (Fsp3) is 0.474. The molecule has 2 aromatic heterocycles. The maximum absolute atomic E-state index is 11.7. The summed E-state index contributed by atoms with van der Waals surface area (Å²) in [6.07, 6.45) is 11.3. The van der Waals surface area contributed by atoms with Gasteiger partial charge in [-0.05, 0) is 0 Å². The van der Waals surface area contributed by atoms with Crippen LogP contribution in [0.2, 0.25) is 0 Å². The van der Waals surface area contributed by atoms with E-state index in [0.29, 0.717) is 11.5 Å². The number of fused-ring (bicyclic) bond motifs is 1. The first-order valence-corrected chi connectivity index (χ1v) is 23.1. The summed E-state index contributed by atoms with van der Waals surface area (Å²) in [4.78, 5) is 0. The molecule has 4 atom stereocenters. The molecule has 4 nitrogen and oxygen atoms in total. The first kappa shape index (κ1) is 32.9. The Morgan fingerprint density at radius 1 is 0.667 bits per heavy atom. The fourth-order valence-electron chi connectivity index (χ4n) is 6.65. The molecular formula is C38H48O4S2Ti. The molecule has 0 spiro atoms. The van der Waals surface area contributed by atoms with E-state index in [-0.39, 0.29) is 42.2 Å². The molecule has 2 aliphatic rings. The molecule has 7 heteroatoms. The number of hydrogen-bond donors (Lipinski definition) is 2. The number of phenolic OH excluding ortho intramolecular Hbond substituents is 2. The Kier molecular flexibility index (Phi) is 9.70. The second kappa shape index (κ2) is 13.3. The van der Waals surface area contributed by atoms with Gasteiger partial charge in [0.25, 0.3) is 0 Å². The van der Waals surface area contributed by atoms with Crippen molar-refractivity contribution in [3.8, 4) is 34.1 Å². The van der Waals surface area contributed by atoms with E-state index in [4.69, 9.17) is 8.83 Å². The van der Waals surface area contributed by atoms with Crippen molar-refractivity contribution in [3.05, 3.63) is 83.3 Å². The Bertz CT molecular complexity index is 1610. The zero-order valence-corrected chi connectivity index (χ0v) is 30.8. The summed E-state index contributed by atoms with van der Waals surface area (Å²) in [6.45, 7) is 13.5. The molecular weight excluding hydrogens is 632 g/mol. The van der Waals surface area contributed by atoms with E-state index in [1.165, 1.54) is 49.7 Å².